The van der Waals surface area contributed by atoms with Gasteiger partial charge in [0.25, 0.3) is 0 Å². The SMILES string of the molecule is CC1=C2CC(=O)N(I)C2CC=C1. The van der Waals surface area contributed by atoms with Crippen LogP contribution < -0.4 is 0 Å². The lowest BCUT2D eigenvalue weighted by molar-refractivity contribution is -0.123. The molecule has 1 saturated heterocycles. The summed E-state index contributed by atoms with van der Waals surface area (Å²) in [6, 6.07) is 0.350. The average Bonchev–Trinajstić information content (AvgIpc) is 2.32. The molecule has 0 aromatic heterocycles. The Morgan fingerprint density at radius 1 is 1.67 bits per heavy atom. The van der Waals surface area contributed by atoms with Crippen LogP contribution in [0.1, 0.15) is 19.8 Å². The van der Waals surface area contributed by atoms with Gasteiger partial charge in [0.2, 0.25) is 5.91 Å². The molecule has 0 spiro atoms. The molecule has 0 aromatic rings. The van der Waals surface area contributed by atoms with Crippen molar-refractivity contribution in [1.82, 2.24) is 3.11 Å². The van der Waals surface area contributed by atoms with Crippen molar-refractivity contribution in [2.75, 3.05) is 0 Å². The van der Waals surface area contributed by atoms with E-state index < -0.39 is 0 Å². The molecular formula is C9H10INO. The van der Waals surface area contributed by atoms with Crippen molar-refractivity contribution in [2.45, 2.75) is 25.8 Å². The van der Waals surface area contributed by atoms with Gasteiger partial charge in [0.1, 0.15) is 0 Å². The molecule has 0 aromatic carbocycles. The maximum atomic E-state index is 11.3. The molecule has 64 valence electrons. The molecule has 2 rings (SSSR count). The Hall–Kier alpha value is -0.320. The Labute approximate surface area is 85.8 Å². The Morgan fingerprint density at radius 3 is 3.08 bits per heavy atom. The number of fused-ring (bicyclic) bond motifs is 1. The lowest BCUT2D eigenvalue weighted by Crippen LogP contribution is -2.24. The normalized spacial score (nSPS) is 28.3. The van der Waals surface area contributed by atoms with Gasteiger partial charge in [-0.2, -0.15) is 0 Å². The van der Waals surface area contributed by atoms with Crippen molar-refractivity contribution in [2.24, 2.45) is 0 Å². The molecule has 12 heavy (non-hydrogen) atoms. The molecule has 1 atom stereocenters. The highest BCUT2D eigenvalue weighted by Crippen LogP contribution is 2.35. The van der Waals surface area contributed by atoms with E-state index in [4.69, 9.17) is 0 Å². The van der Waals surface area contributed by atoms with Crippen molar-refractivity contribution >= 4 is 28.8 Å². The summed E-state index contributed by atoms with van der Waals surface area (Å²) in [6.45, 7) is 2.08. The van der Waals surface area contributed by atoms with E-state index in [2.05, 4.69) is 41.9 Å². The van der Waals surface area contributed by atoms with Crippen LogP contribution in [0.15, 0.2) is 23.3 Å². The van der Waals surface area contributed by atoms with Gasteiger partial charge >= 0.3 is 0 Å². The van der Waals surface area contributed by atoms with Gasteiger partial charge in [-0.25, -0.2) is 0 Å². The van der Waals surface area contributed by atoms with Crippen molar-refractivity contribution in [1.29, 1.82) is 0 Å². The fourth-order valence-corrected chi connectivity index (χ4v) is 2.52. The van der Waals surface area contributed by atoms with Gasteiger partial charge in [0.05, 0.1) is 35.3 Å². The van der Waals surface area contributed by atoms with Crippen LogP contribution in [0.3, 0.4) is 0 Å². The first-order chi connectivity index (χ1) is 5.70. The third-order valence-electron chi connectivity index (χ3n) is 2.49. The summed E-state index contributed by atoms with van der Waals surface area (Å²) in [5, 5.41) is 0. The maximum Gasteiger partial charge on any atom is 0.235 e. The fourth-order valence-electron chi connectivity index (χ4n) is 1.78. The first kappa shape index (κ1) is 8.29. The molecule has 0 radical (unpaired) electrons. The summed E-state index contributed by atoms with van der Waals surface area (Å²) < 4.78 is 1.83. The van der Waals surface area contributed by atoms with Gasteiger partial charge in [0, 0.05) is 0 Å². The van der Waals surface area contributed by atoms with Crippen LogP contribution in [-0.2, 0) is 4.79 Å². The molecule has 1 amide bonds. The monoisotopic (exact) mass is 275 g/mol. The topological polar surface area (TPSA) is 20.3 Å². The number of hydrogen-bond acceptors (Lipinski definition) is 1. The van der Waals surface area contributed by atoms with Crippen molar-refractivity contribution in [3.05, 3.63) is 23.3 Å². The Bertz CT molecular complexity index is 293. The average molecular weight is 275 g/mol. The molecule has 1 fully saturated rings. The van der Waals surface area contributed by atoms with Gasteiger partial charge < -0.3 is 0 Å². The Balaban J connectivity index is 2.39. The third-order valence-corrected chi connectivity index (χ3v) is 3.70. The standard InChI is InChI=1S/C9H10INO/c1-6-3-2-4-8-7(6)5-9(12)11(8)10/h2-3,8H,4-5H2,1H3. The molecule has 1 aliphatic heterocycles. The smallest absolute Gasteiger partial charge is 0.235 e. The summed E-state index contributed by atoms with van der Waals surface area (Å²) in [6.07, 6.45) is 5.88. The molecule has 1 heterocycles. The van der Waals surface area contributed by atoms with E-state index in [1.165, 1.54) is 11.1 Å². The quantitative estimate of drug-likeness (QED) is 0.490. The minimum Gasteiger partial charge on any atom is -0.277 e. The zero-order chi connectivity index (χ0) is 8.72. The molecule has 3 heteroatoms. The highest BCUT2D eigenvalue weighted by atomic mass is 127. The lowest BCUT2D eigenvalue weighted by Gasteiger charge is -2.20. The number of rotatable bonds is 0. The van der Waals surface area contributed by atoms with Crippen LogP contribution in [0.4, 0.5) is 0 Å². The van der Waals surface area contributed by atoms with Crippen molar-refractivity contribution in [3.8, 4) is 0 Å². The molecule has 1 unspecified atom stereocenters. The summed E-state index contributed by atoms with van der Waals surface area (Å²) in [7, 11) is 0. The Kier molecular flexibility index (Phi) is 1.98. The number of carbonyl (C=O) groups is 1. The molecule has 0 bridgehead atoms. The van der Waals surface area contributed by atoms with Crippen LogP contribution in [0.2, 0.25) is 0 Å². The summed E-state index contributed by atoms with van der Waals surface area (Å²) in [5.74, 6) is 0.249. The van der Waals surface area contributed by atoms with Crippen LogP contribution in [0.25, 0.3) is 0 Å². The maximum absolute atomic E-state index is 11.3. The second-order valence-corrected chi connectivity index (χ2v) is 4.28. The van der Waals surface area contributed by atoms with Gasteiger partial charge in [-0.15, -0.1) is 0 Å². The van der Waals surface area contributed by atoms with Gasteiger partial charge in [-0.05, 0) is 24.5 Å². The van der Waals surface area contributed by atoms with Gasteiger partial charge in [-0.1, -0.05) is 12.2 Å². The van der Waals surface area contributed by atoms with E-state index in [1.54, 1.807) is 0 Å². The largest absolute Gasteiger partial charge is 0.277 e. The second-order valence-electron chi connectivity index (χ2n) is 3.24. The fraction of sp³-hybridized carbons (Fsp3) is 0.444. The third kappa shape index (κ3) is 1.11. The predicted octanol–water partition coefficient (Wildman–Crippen LogP) is 2.21. The highest BCUT2D eigenvalue weighted by Gasteiger charge is 2.34. The van der Waals surface area contributed by atoms with E-state index in [0.29, 0.717) is 12.5 Å². The minimum atomic E-state index is 0.249. The second kappa shape index (κ2) is 2.87. The molecular weight excluding hydrogens is 265 g/mol. The molecule has 2 aliphatic rings. The predicted molar refractivity (Wildman–Crippen MR) is 55.7 cm³/mol. The molecule has 1 aliphatic carbocycles. The zero-order valence-corrected chi connectivity index (χ0v) is 9.04. The number of allylic oxidation sites excluding steroid dienone is 2. The van der Waals surface area contributed by atoms with Gasteiger partial charge in [-0.3, -0.25) is 7.91 Å². The van der Waals surface area contributed by atoms with E-state index in [9.17, 15) is 4.79 Å². The lowest BCUT2D eigenvalue weighted by atomic mass is 9.95. The van der Waals surface area contributed by atoms with E-state index in [-0.39, 0.29) is 5.91 Å². The van der Waals surface area contributed by atoms with Crippen LogP contribution in [0.5, 0.6) is 0 Å². The summed E-state index contributed by atoms with van der Waals surface area (Å²) >= 11 is 2.12. The summed E-state index contributed by atoms with van der Waals surface area (Å²) in [4.78, 5) is 11.3. The highest BCUT2D eigenvalue weighted by molar-refractivity contribution is 14.1. The van der Waals surface area contributed by atoms with Crippen LogP contribution >= 0.6 is 22.9 Å². The molecule has 0 N–H and O–H groups in total. The first-order valence-corrected chi connectivity index (χ1v) is 5.00. The molecule has 0 saturated carbocycles. The summed E-state index contributed by atoms with van der Waals surface area (Å²) in [5.41, 5.74) is 2.59. The van der Waals surface area contributed by atoms with E-state index in [1.807, 2.05) is 3.11 Å². The number of amides is 1. The van der Waals surface area contributed by atoms with Crippen LogP contribution in [-0.4, -0.2) is 15.1 Å². The number of carbonyl (C=O) groups excluding carboxylic acids is 1. The zero-order valence-electron chi connectivity index (χ0n) is 6.88. The van der Waals surface area contributed by atoms with Crippen LogP contribution in [0, 0.1) is 0 Å². The van der Waals surface area contributed by atoms with E-state index >= 15 is 0 Å². The number of nitrogens with zero attached hydrogens (tertiary/aromatic N) is 1. The molecule has 2 nitrogen and oxygen atoms in total. The van der Waals surface area contributed by atoms with E-state index in [0.717, 1.165) is 6.42 Å². The number of halogens is 1. The van der Waals surface area contributed by atoms with Crippen molar-refractivity contribution in [3.63, 3.8) is 0 Å². The minimum absolute atomic E-state index is 0.249. The Morgan fingerprint density at radius 2 is 2.42 bits per heavy atom. The van der Waals surface area contributed by atoms with Crippen molar-refractivity contribution < 1.29 is 4.79 Å². The first-order valence-electron chi connectivity index (χ1n) is 4.04. The number of hydrogen-bond donors (Lipinski definition) is 0. The van der Waals surface area contributed by atoms with Gasteiger partial charge in [0.15, 0.2) is 0 Å².